The van der Waals surface area contributed by atoms with Crippen molar-refractivity contribution in [2.45, 2.75) is 19.4 Å². The molecule has 6 heteroatoms. The van der Waals surface area contributed by atoms with Gasteiger partial charge in [-0.25, -0.2) is 0 Å². The summed E-state index contributed by atoms with van der Waals surface area (Å²) in [5.74, 6) is -0.0597. The van der Waals surface area contributed by atoms with Crippen LogP contribution in [0.2, 0.25) is 5.02 Å². The van der Waals surface area contributed by atoms with E-state index >= 15 is 0 Å². The van der Waals surface area contributed by atoms with Crippen molar-refractivity contribution in [3.05, 3.63) is 21.3 Å². The van der Waals surface area contributed by atoms with E-state index in [4.69, 9.17) is 11.6 Å². The van der Waals surface area contributed by atoms with Crippen molar-refractivity contribution in [2.24, 2.45) is 0 Å². The van der Waals surface area contributed by atoms with Gasteiger partial charge in [0.05, 0.1) is 5.02 Å². The number of rotatable bonds is 5. The number of hydrogen-bond acceptors (Lipinski definition) is 4. The maximum Gasteiger partial charge on any atom is 0.262 e. The van der Waals surface area contributed by atoms with E-state index in [1.54, 1.807) is 6.07 Å². The molecular formula is C14H22ClN3OS. The van der Waals surface area contributed by atoms with Gasteiger partial charge >= 0.3 is 0 Å². The van der Waals surface area contributed by atoms with Crippen molar-refractivity contribution >= 4 is 28.8 Å². The minimum absolute atomic E-state index is 0.0597. The molecule has 1 saturated heterocycles. The lowest BCUT2D eigenvalue weighted by molar-refractivity contribution is 0.0939. The third-order valence-electron chi connectivity index (χ3n) is 3.83. The summed E-state index contributed by atoms with van der Waals surface area (Å²) in [5.41, 5.74) is 0. The van der Waals surface area contributed by atoms with Gasteiger partial charge in [-0.15, -0.1) is 11.3 Å². The molecular weight excluding hydrogens is 294 g/mol. The van der Waals surface area contributed by atoms with Crippen LogP contribution in [0.15, 0.2) is 11.4 Å². The smallest absolute Gasteiger partial charge is 0.262 e. The standard InChI is InChI=1S/C14H22ClN3OS/c1-11(18-8-6-17(2)7-9-18)3-5-16-14(19)13-12(15)4-10-20-13/h4,10-11H,3,5-9H2,1-2H3,(H,16,19)/t11-/m0/s1. The van der Waals surface area contributed by atoms with Gasteiger partial charge < -0.3 is 10.2 Å². The second-order valence-corrected chi connectivity index (χ2v) is 6.65. The molecule has 2 heterocycles. The Kier molecular flexibility index (Phi) is 5.84. The normalized spacial score (nSPS) is 18.9. The predicted molar refractivity (Wildman–Crippen MR) is 84.8 cm³/mol. The lowest BCUT2D eigenvalue weighted by Crippen LogP contribution is -2.48. The molecule has 112 valence electrons. The molecule has 4 nitrogen and oxygen atoms in total. The average molecular weight is 316 g/mol. The van der Waals surface area contributed by atoms with E-state index in [-0.39, 0.29) is 5.91 Å². The largest absolute Gasteiger partial charge is 0.351 e. The van der Waals surface area contributed by atoms with Crippen LogP contribution in [0.5, 0.6) is 0 Å². The van der Waals surface area contributed by atoms with E-state index in [0.29, 0.717) is 22.5 Å². The van der Waals surface area contributed by atoms with Crippen molar-refractivity contribution in [1.82, 2.24) is 15.1 Å². The van der Waals surface area contributed by atoms with Crippen LogP contribution in [-0.4, -0.2) is 61.5 Å². The molecule has 0 spiro atoms. The Morgan fingerprint density at radius 1 is 1.45 bits per heavy atom. The molecule has 1 aromatic heterocycles. The Morgan fingerprint density at radius 2 is 2.15 bits per heavy atom. The lowest BCUT2D eigenvalue weighted by atomic mass is 10.1. The van der Waals surface area contributed by atoms with Crippen molar-refractivity contribution < 1.29 is 4.79 Å². The highest BCUT2D eigenvalue weighted by molar-refractivity contribution is 7.12. The third-order valence-corrected chi connectivity index (χ3v) is 5.17. The number of carbonyl (C=O) groups excluding carboxylic acids is 1. The first-order valence-corrected chi connectivity index (χ1v) is 8.27. The molecule has 1 aliphatic rings. The van der Waals surface area contributed by atoms with E-state index in [1.165, 1.54) is 11.3 Å². The molecule has 1 amide bonds. The first-order chi connectivity index (χ1) is 9.58. The van der Waals surface area contributed by atoms with Gasteiger partial charge in [-0.05, 0) is 31.8 Å². The Labute approximate surface area is 129 Å². The molecule has 1 N–H and O–H groups in total. The summed E-state index contributed by atoms with van der Waals surface area (Å²) < 4.78 is 0. The van der Waals surface area contributed by atoms with Crippen molar-refractivity contribution in [3.8, 4) is 0 Å². The van der Waals surface area contributed by atoms with Gasteiger partial charge in [0.1, 0.15) is 4.88 Å². The van der Waals surface area contributed by atoms with Crippen LogP contribution < -0.4 is 5.32 Å². The van der Waals surface area contributed by atoms with Crippen molar-refractivity contribution in [2.75, 3.05) is 39.8 Å². The molecule has 0 aromatic carbocycles. The van der Waals surface area contributed by atoms with Gasteiger partial charge in [-0.3, -0.25) is 9.69 Å². The molecule has 1 aliphatic heterocycles. The fourth-order valence-corrected chi connectivity index (χ4v) is 3.43. The summed E-state index contributed by atoms with van der Waals surface area (Å²) in [6.45, 7) is 7.41. The van der Waals surface area contributed by atoms with Crippen LogP contribution in [0.25, 0.3) is 0 Å². The number of amides is 1. The summed E-state index contributed by atoms with van der Waals surface area (Å²) in [6, 6.07) is 2.26. The zero-order valence-corrected chi connectivity index (χ0v) is 13.6. The number of carbonyl (C=O) groups is 1. The summed E-state index contributed by atoms with van der Waals surface area (Å²) in [5, 5.41) is 5.33. The number of halogens is 1. The highest BCUT2D eigenvalue weighted by atomic mass is 35.5. The van der Waals surface area contributed by atoms with Gasteiger partial charge in [-0.2, -0.15) is 0 Å². The third kappa shape index (κ3) is 4.19. The highest BCUT2D eigenvalue weighted by Gasteiger charge is 2.19. The van der Waals surface area contributed by atoms with E-state index < -0.39 is 0 Å². The van der Waals surface area contributed by atoms with Gasteiger partial charge in [0.15, 0.2) is 0 Å². The number of thiophene rings is 1. The average Bonchev–Trinajstić information content (AvgIpc) is 2.85. The SMILES string of the molecule is C[C@@H](CCNC(=O)c1sccc1Cl)N1CCN(C)CC1. The van der Waals surface area contributed by atoms with Gasteiger partial charge in [0, 0.05) is 38.8 Å². The van der Waals surface area contributed by atoms with Crippen molar-refractivity contribution in [1.29, 1.82) is 0 Å². The summed E-state index contributed by atoms with van der Waals surface area (Å²) in [4.78, 5) is 17.4. The molecule has 2 rings (SSSR count). The molecule has 0 radical (unpaired) electrons. The summed E-state index contributed by atoms with van der Waals surface area (Å²) in [7, 11) is 2.16. The number of nitrogens with one attached hydrogen (secondary N) is 1. The molecule has 20 heavy (non-hydrogen) atoms. The monoisotopic (exact) mass is 315 g/mol. The zero-order valence-electron chi connectivity index (χ0n) is 12.1. The second kappa shape index (κ2) is 7.41. The maximum absolute atomic E-state index is 11.9. The highest BCUT2D eigenvalue weighted by Crippen LogP contribution is 2.21. The Bertz CT molecular complexity index is 443. The van der Waals surface area contributed by atoms with Crippen LogP contribution in [0.4, 0.5) is 0 Å². The van der Waals surface area contributed by atoms with Gasteiger partial charge in [-0.1, -0.05) is 11.6 Å². The van der Waals surface area contributed by atoms with E-state index in [0.717, 1.165) is 32.6 Å². The fraction of sp³-hybridized carbons (Fsp3) is 0.643. The second-order valence-electron chi connectivity index (χ2n) is 5.33. The molecule has 0 bridgehead atoms. The van der Waals surface area contributed by atoms with Crippen LogP contribution in [0.1, 0.15) is 23.0 Å². The molecule has 1 aromatic rings. The maximum atomic E-state index is 11.9. The Hall–Kier alpha value is -0.620. The summed E-state index contributed by atoms with van der Waals surface area (Å²) in [6.07, 6.45) is 0.971. The van der Waals surface area contributed by atoms with Gasteiger partial charge in [0.2, 0.25) is 0 Å². The molecule has 0 unspecified atom stereocenters. The number of hydrogen-bond donors (Lipinski definition) is 1. The minimum atomic E-state index is -0.0597. The lowest BCUT2D eigenvalue weighted by Gasteiger charge is -2.36. The molecule has 0 saturated carbocycles. The van der Waals surface area contributed by atoms with E-state index in [1.807, 2.05) is 5.38 Å². The first-order valence-electron chi connectivity index (χ1n) is 7.01. The Balaban J connectivity index is 1.70. The minimum Gasteiger partial charge on any atom is -0.351 e. The number of likely N-dealkylation sites (N-methyl/N-ethyl adjacent to an activating group) is 1. The van der Waals surface area contributed by atoms with E-state index in [9.17, 15) is 4.79 Å². The quantitative estimate of drug-likeness (QED) is 0.904. The number of nitrogens with zero attached hydrogens (tertiary/aromatic N) is 2. The van der Waals surface area contributed by atoms with Crippen LogP contribution in [0.3, 0.4) is 0 Å². The Morgan fingerprint density at radius 3 is 2.75 bits per heavy atom. The zero-order chi connectivity index (χ0) is 14.5. The van der Waals surface area contributed by atoms with Crippen LogP contribution >= 0.6 is 22.9 Å². The summed E-state index contributed by atoms with van der Waals surface area (Å²) >= 11 is 7.33. The molecule has 1 fully saturated rings. The molecule has 0 aliphatic carbocycles. The first kappa shape index (κ1) is 15.8. The van der Waals surface area contributed by atoms with Crippen molar-refractivity contribution in [3.63, 3.8) is 0 Å². The van der Waals surface area contributed by atoms with E-state index in [2.05, 4.69) is 29.1 Å². The predicted octanol–water partition coefficient (Wildman–Crippen LogP) is 2.16. The van der Waals surface area contributed by atoms with Crippen LogP contribution in [0, 0.1) is 0 Å². The van der Waals surface area contributed by atoms with Gasteiger partial charge in [0.25, 0.3) is 5.91 Å². The van der Waals surface area contributed by atoms with Crippen LogP contribution in [-0.2, 0) is 0 Å². The topological polar surface area (TPSA) is 35.6 Å². The fourth-order valence-electron chi connectivity index (χ4n) is 2.38. The number of piperazine rings is 1. The molecule has 1 atom stereocenters.